The highest BCUT2D eigenvalue weighted by molar-refractivity contribution is 7.18. The zero-order chi connectivity index (χ0) is 33.1. The molecule has 0 N–H and O–H groups in total. The summed E-state index contributed by atoms with van der Waals surface area (Å²) in [4.78, 5) is 36.5. The number of aryl methyl sites for hydroxylation is 2. The summed E-state index contributed by atoms with van der Waals surface area (Å²) in [6, 6.07) is 5.17. The molecule has 234 valence electrons. The third-order valence-corrected chi connectivity index (χ3v) is 7.17. The van der Waals surface area contributed by atoms with Crippen LogP contribution in [0.3, 0.4) is 0 Å². The number of alkyl halides is 3. The number of amides is 2. The molecule has 0 aliphatic heterocycles. The Morgan fingerprint density at radius 1 is 0.977 bits per heavy atom. The number of anilines is 1. The van der Waals surface area contributed by atoms with Gasteiger partial charge in [0, 0.05) is 5.56 Å². The van der Waals surface area contributed by atoms with Crippen molar-refractivity contribution in [3.63, 3.8) is 0 Å². The van der Waals surface area contributed by atoms with E-state index in [9.17, 15) is 28.0 Å². The minimum absolute atomic E-state index is 0.0450. The van der Waals surface area contributed by atoms with Gasteiger partial charge < -0.3 is 14.2 Å². The minimum atomic E-state index is -5.03. The standard InChI is InChI=1S/C30H32F3N5O5S/c1-14-11-12-18(41-10)15(2)21(14)37-22-19(23(30(31,32)33)36-24-20(22)35-16(3)44-24)17(13-34)25(37)38(26(39)42-28(4,5)6)27(40)43-29(7,8)9/h11-12H,1-10H3. The Labute approximate surface area is 256 Å². The molecule has 0 aliphatic carbocycles. The fourth-order valence-electron chi connectivity index (χ4n) is 4.80. The highest BCUT2D eigenvalue weighted by Crippen LogP contribution is 2.47. The average molecular weight is 632 g/mol. The van der Waals surface area contributed by atoms with Crippen LogP contribution in [0.2, 0.25) is 0 Å². The van der Waals surface area contributed by atoms with Gasteiger partial charge in [0.15, 0.2) is 11.5 Å². The number of imide groups is 1. The van der Waals surface area contributed by atoms with Crippen molar-refractivity contribution in [1.82, 2.24) is 14.5 Å². The van der Waals surface area contributed by atoms with Crippen LogP contribution >= 0.6 is 11.3 Å². The predicted molar refractivity (Wildman–Crippen MR) is 160 cm³/mol. The molecule has 10 nitrogen and oxygen atoms in total. The Kier molecular flexibility index (Phi) is 8.10. The highest BCUT2D eigenvalue weighted by Gasteiger charge is 2.44. The van der Waals surface area contributed by atoms with Crippen LogP contribution in [0.15, 0.2) is 12.1 Å². The lowest BCUT2D eigenvalue weighted by atomic mass is 10.1. The quantitative estimate of drug-likeness (QED) is 0.222. The molecule has 4 aromatic rings. The molecule has 44 heavy (non-hydrogen) atoms. The number of ether oxygens (including phenoxy) is 3. The summed E-state index contributed by atoms with van der Waals surface area (Å²) in [6.07, 6.45) is -7.56. The van der Waals surface area contributed by atoms with Gasteiger partial charge >= 0.3 is 18.4 Å². The van der Waals surface area contributed by atoms with Gasteiger partial charge in [0.2, 0.25) is 0 Å². The van der Waals surface area contributed by atoms with E-state index in [1.807, 2.05) is 6.07 Å². The molecule has 0 aliphatic rings. The molecule has 14 heteroatoms. The SMILES string of the molecule is COc1ccc(C)c(-n2c(N(C(=O)OC(C)(C)C)C(=O)OC(C)(C)C)c(C#N)c3c(C(F)(F)F)nc4sc(C)nc4c32)c1C. The first-order chi connectivity index (χ1) is 20.2. The second-order valence-corrected chi connectivity index (χ2v) is 13.3. The predicted octanol–water partition coefficient (Wildman–Crippen LogP) is 8.14. The van der Waals surface area contributed by atoms with E-state index in [-0.39, 0.29) is 21.6 Å². The third-order valence-electron chi connectivity index (χ3n) is 6.31. The van der Waals surface area contributed by atoms with Crippen LogP contribution in [-0.4, -0.2) is 45.0 Å². The summed E-state index contributed by atoms with van der Waals surface area (Å²) in [6.45, 7) is 14.3. The number of halogens is 3. The van der Waals surface area contributed by atoms with Crippen molar-refractivity contribution in [3.8, 4) is 17.5 Å². The maximum atomic E-state index is 14.7. The molecule has 0 saturated heterocycles. The number of fused-ring (bicyclic) bond motifs is 3. The number of methoxy groups -OCH3 is 1. The van der Waals surface area contributed by atoms with Crippen molar-refractivity contribution in [2.75, 3.05) is 12.0 Å². The molecule has 0 saturated carbocycles. The number of aromatic nitrogens is 3. The van der Waals surface area contributed by atoms with E-state index in [1.165, 1.54) is 11.7 Å². The van der Waals surface area contributed by atoms with Crippen LogP contribution in [0.5, 0.6) is 5.75 Å². The smallest absolute Gasteiger partial charge is 0.434 e. The Bertz CT molecular complexity index is 1830. The maximum absolute atomic E-state index is 14.7. The van der Waals surface area contributed by atoms with Gasteiger partial charge in [-0.05, 0) is 73.9 Å². The van der Waals surface area contributed by atoms with E-state index in [0.29, 0.717) is 26.8 Å². The molecule has 3 aromatic heterocycles. The van der Waals surface area contributed by atoms with Gasteiger partial charge in [0.05, 0.1) is 28.7 Å². The molecule has 1 aromatic carbocycles. The van der Waals surface area contributed by atoms with Crippen molar-refractivity contribution in [2.45, 2.75) is 79.7 Å². The van der Waals surface area contributed by atoms with E-state index in [0.717, 1.165) is 11.3 Å². The minimum Gasteiger partial charge on any atom is -0.496 e. The van der Waals surface area contributed by atoms with E-state index < -0.39 is 52.0 Å². The summed E-state index contributed by atoms with van der Waals surface area (Å²) in [7, 11) is 1.43. The molecule has 0 fully saturated rings. The molecule has 3 heterocycles. The molecule has 0 unspecified atom stereocenters. The first-order valence-corrected chi connectivity index (χ1v) is 14.2. The molecule has 4 rings (SSSR count). The first-order valence-electron chi connectivity index (χ1n) is 13.4. The Morgan fingerprint density at radius 3 is 2.02 bits per heavy atom. The summed E-state index contributed by atoms with van der Waals surface area (Å²) in [5, 5.41) is 10.3. The molecule has 0 spiro atoms. The van der Waals surface area contributed by atoms with Gasteiger partial charge in [-0.3, -0.25) is 4.57 Å². The topological polar surface area (TPSA) is 120 Å². The monoisotopic (exact) mass is 631 g/mol. The number of nitrogens with zero attached hydrogens (tertiary/aromatic N) is 5. The average Bonchev–Trinajstić information content (AvgIpc) is 3.38. The fraction of sp³-hybridized carbons (Fsp3) is 0.433. The van der Waals surface area contributed by atoms with Crippen LogP contribution in [0.4, 0.5) is 28.6 Å². The van der Waals surface area contributed by atoms with Gasteiger partial charge in [-0.15, -0.1) is 0 Å². The molecular formula is C30H32F3N5O5S. The first kappa shape index (κ1) is 32.5. The maximum Gasteiger partial charge on any atom is 0.434 e. The second-order valence-electron chi connectivity index (χ2n) is 12.1. The number of benzene rings is 1. The molecule has 2 amide bonds. The molecule has 0 atom stereocenters. The van der Waals surface area contributed by atoms with Crippen LogP contribution in [0, 0.1) is 32.1 Å². The second kappa shape index (κ2) is 11.0. The number of thiazole rings is 1. The Morgan fingerprint density at radius 2 is 1.55 bits per heavy atom. The lowest BCUT2D eigenvalue weighted by Gasteiger charge is -2.30. The van der Waals surface area contributed by atoms with Crippen molar-refractivity contribution >= 4 is 50.6 Å². The van der Waals surface area contributed by atoms with Crippen LogP contribution < -0.4 is 9.64 Å². The zero-order valence-electron chi connectivity index (χ0n) is 26.0. The third kappa shape index (κ3) is 5.88. The largest absolute Gasteiger partial charge is 0.496 e. The van der Waals surface area contributed by atoms with Gasteiger partial charge in [0.1, 0.15) is 38.9 Å². The summed E-state index contributed by atoms with van der Waals surface area (Å²) in [5.74, 6) is -0.148. The summed E-state index contributed by atoms with van der Waals surface area (Å²) < 4.78 is 62.1. The number of hydrogen-bond acceptors (Lipinski definition) is 9. The van der Waals surface area contributed by atoms with E-state index >= 15 is 0 Å². The van der Waals surface area contributed by atoms with Crippen molar-refractivity contribution in [2.24, 2.45) is 0 Å². The highest BCUT2D eigenvalue weighted by atomic mass is 32.1. The number of carbonyl (C=O) groups excluding carboxylic acids is 2. The van der Waals surface area contributed by atoms with Crippen LogP contribution in [0.25, 0.3) is 26.9 Å². The zero-order valence-corrected chi connectivity index (χ0v) is 26.8. The van der Waals surface area contributed by atoms with Crippen LogP contribution in [0.1, 0.15) is 68.9 Å². The molecular weight excluding hydrogens is 599 g/mol. The summed E-state index contributed by atoms with van der Waals surface area (Å²) in [5.41, 5.74) is -3.17. The number of nitriles is 1. The lowest BCUT2D eigenvalue weighted by molar-refractivity contribution is -0.139. The van der Waals surface area contributed by atoms with Crippen LogP contribution in [-0.2, 0) is 15.7 Å². The summed E-state index contributed by atoms with van der Waals surface area (Å²) >= 11 is 0.937. The number of hydrogen-bond donors (Lipinski definition) is 0. The van der Waals surface area contributed by atoms with Gasteiger partial charge in [-0.25, -0.2) is 19.6 Å². The van der Waals surface area contributed by atoms with E-state index in [1.54, 1.807) is 74.4 Å². The fourth-order valence-corrected chi connectivity index (χ4v) is 5.60. The van der Waals surface area contributed by atoms with Gasteiger partial charge in [-0.2, -0.15) is 23.3 Å². The molecule has 0 radical (unpaired) electrons. The van der Waals surface area contributed by atoms with Crippen molar-refractivity contribution in [3.05, 3.63) is 39.5 Å². The normalized spacial score (nSPS) is 12.4. The van der Waals surface area contributed by atoms with Crippen molar-refractivity contribution in [1.29, 1.82) is 5.26 Å². The number of rotatable bonds is 3. The number of pyridine rings is 1. The number of carbonyl (C=O) groups is 2. The van der Waals surface area contributed by atoms with Gasteiger partial charge in [-0.1, -0.05) is 17.4 Å². The van der Waals surface area contributed by atoms with Gasteiger partial charge in [0.25, 0.3) is 0 Å². The Hall–Kier alpha value is -4.38. The Balaban J connectivity index is 2.37. The van der Waals surface area contributed by atoms with E-state index in [4.69, 9.17) is 14.2 Å². The lowest BCUT2D eigenvalue weighted by Crippen LogP contribution is -2.45. The molecule has 0 bridgehead atoms. The van der Waals surface area contributed by atoms with E-state index in [2.05, 4.69) is 9.97 Å². The van der Waals surface area contributed by atoms with Crippen molar-refractivity contribution < 1.29 is 37.0 Å².